The monoisotopic (exact) mass is 289 g/mol. The van der Waals surface area contributed by atoms with Crippen LogP contribution >= 0.6 is 15.9 Å². The Morgan fingerprint density at radius 3 is 2.94 bits per heavy atom. The second-order valence-corrected chi connectivity index (χ2v) is 4.63. The van der Waals surface area contributed by atoms with Crippen molar-refractivity contribution in [1.29, 1.82) is 0 Å². The summed E-state index contributed by atoms with van der Waals surface area (Å²) in [7, 11) is 1.73. The number of methoxy groups -OCH3 is 1. The second kappa shape index (κ2) is 7.87. The summed E-state index contributed by atoms with van der Waals surface area (Å²) in [4.78, 5) is 0. The van der Waals surface area contributed by atoms with E-state index in [0.29, 0.717) is 0 Å². The third-order valence-corrected chi connectivity index (χ3v) is 3.10. The van der Waals surface area contributed by atoms with Crippen LogP contribution in [-0.2, 0) is 4.74 Å². The van der Waals surface area contributed by atoms with Gasteiger partial charge in [0.15, 0.2) is 0 Å². The van der Waals surface area contributed by atoms with Gasteiger partial charge in [-0.3, -0.25) is 0 Å². The van der Waals surface area contributed by atoms with Gasteiger partial charge in [0.2, 0.25) is 0 Å². The first-order valence-corrected chi connectivity index (χ1v) is 6.54. The predicted molar refractivity (Wildman–Crippen MR) is 68.6 cm³/mol. The van der Waals surface area contributed by atoms with Crippen LogP contribution in [0.5, 0.6) is 0 Å². The van der Waals surface area contributed by atoms with E-state index >= 15 is 0 Å². The largest absolute Gasteiger partial charge is 0.466 e. The molecule has 0 saturated heterocycles. The molecule has 1 heterocycles. The maximum Gasteiger partial charge on any atom is 0.134 e. The molecular weight excluding hydrogens is 270 g/mol. The lowest BCUT2D eigenvalue weighted by Crippen LogP contribution is -2.22. The maximum atomic E-state index is 5.50. The fraction of sp³-hybridized carbons (Fsp3) is 0.667. The summed E-state index contributed by atoms with van der Waals surface area (Å²) in [6, 6.07) is 2.21. The van der Waals surface area contributed by atoms with Crippen LogP contribution in [0.4, 0.5) is 0 Å². The Morgan fingerprint density at radius 1 is 1.56 bits per heavy atom. The zero-order valence-corrected chi connectivity index (χ0v) is 11.5. The van der Waals surface area contributed by atoms with Crippen LogP contribution in [0.3, 0.4) is 0 Å². The summed E-state index contributed by atoms with van der Waals surface area (Å²) in [6.45, 7) is 3.96. The van der Waals surface area contributed by atoms with Crippen molar-refractivity contribution in [3.8, 4) is 0 Å². The summed E-state index contributed by atoms with van der Waals surface area (Å²) in [5, 5.41) is 3.49. The van der Waals surface area contributed by atoms with Crippen LogP contribution in [0, 0.1) is 0 Å². The Labute approximate surface area is 106 Å². The number of hydrogen-bond donors (Lipinski definition) is 1. The number of furan rings is 1. The van der Waals surface area contributed by atoms with E-state index < -0.39 is 0 Å². The van der Waals surface area contributed by atoms with E-state index in [4.69, 9.17) is 9.15 Å². The zero-order chi connectivity index (χ0) is 11.8. The summed E-state index contributed by atoms with van der Waals surface area (Å²) in [5.41, 5.74) is 0. The van der Waals surface area contributed by atoms with Crippen LogP contribution in [0.2, 0.25) is 0 Å². The Bertz CT molecular complexity index is 288. The van der Waals surface area contributed by atoms with Gasteiger partial charge in [0.05, 0.1) is 16.8 Å². The summed E-state index contributed by atoms with van der Waals surface area (Å²) >= 11 is 3.50. The van der Waals surface area contributed by atoms with Gasteiger partial charge in [0.1, 0.15) is 5.76 Å². The van der Waals surface area contributed by atoms with Crippen LogP contribution < -0.4 is 5.32 Å². The molecule has 1 aromatic heterocycles. The molecule has 0 aliphatic heterocycles. The minimum absolute atomic E-state index is 0.277. The minimum Gasteiger partial charge on any atom is -0.466 e. The summed E-state index contributed by atoms with van der Waals surface area (Å²) in [6.07, 6.45) is 4.90. The number of nitrogens with one attached hydrogen (secondary N) is 1. The molecule has 4 heteroatoms. The normalized spacial score (nSPS) is 12.9. The SMILES string of the molecule is CCCNC(CCCOC)c1occc1Br. The highest BCUT2D eigenvalue weighted by atomic mass is 79.9. The number of rotatable bonds is 8. The molecule has 0 amide bonds. The molecule has 0 spiro atoms. The average molecular weight is 290 g/mol. The van der Waals surface area contributed by atoms with Crippen molar-refractivity contribution in [3.63, 3.8) is 0 Å². The molecule has 0 radical (unpaired) electrons. The fourth-order valence-corrected chi connectivity index (χ4v) is 2.11. The molecule has 0 aromatic carbocycles. The van der Waals surface area contributed by atoms with Gasteiger partial charge >= 0.3 is 0 Å². The summed E-state index contributed by atoms with van der Waals surface area (Å²) in [5.74, 6) is 0.990. The van der Waals surface area contributed by atoms with Gasteiger partial charge < -0.3 is 14.5 Å². The molecule has 1 rings (SSSR count). The van der Waals surface area contributed by atoms with Crippen LogP contribution in [-0.4, -0.2) is 20.3 Å². The van der Waals surface area contributed by atoms with E-state index in [-0.39, 0.29) is 6.04 Å². The summed E-state index contributed by atoms with van der Waals surface area (Å²) < 4.78 is 11.6. The first kappa shape index (κ1) is 13.7. The van der Waals surface area contributed by atoms with Crippen molar-refractivity contribution in [2.24, 2.45) is 0 Å². The smallest absolute Gasteiger partial charge is 0.134 e. The lowest BCUT2D eigenvalue weighted by Gasteiger charge is -2.16. The van der Waals surface area contributed by atoms with Gasteiger partial charge in [0.25, 0.3) is 0 Å². The van der Waals surface area contributed by atoms with Crippen molar-refractivity contribution in [3.05, 3.63) is 22.6 Å². The Kier molecular flexibility index (Phi) is 6.76. The molecule has 0 fully saturated rings. The third-order valence-electron chi connectivity index (χ3n) is 2.44. The molecule has 0 aliphatic carbocycles. The molecule has 1 unspecified atom stereocenters. The van der Waals surface area contributed by atoms with E-state index in [1.807, 2.05) is 6.07 Å². The van der Waals surface area contributed by atoms with Crippen molar-refractivity contribution < 1.29 is 9.15 Å². The highest BCUT2D eigenvalue weighted by Gasteiger charge is 2.16. The van der Waals surface area contributed by atoms with Crippen molar-refractivity contribution in [1.82, 2.24) is 5.32 Å². The molecule has 0 saturated carbocycles. The topological polar surface area (TPSA) is 34.4 Å². The van der Waals surface area contributed by atoms with Crippen LogP contribution in [0.25, 0.3) is 0 Å². The van der Waals surface area contributed by atoms with Crippen molar-refractivity contribution in [2.45, 2.75) is 32.2 Å². The molecular formula is C12H20BrNO2. The molecule has 3 nitrogen and oxygen atoms in total. The zero-order valence-electron chi connectivity index (χ0n) is 9.96. The molecule has 1 N–H and O–H groups in total. The Morgan fingerprint density at radius 2 is 2.38 bits per heavy atom. The van der Waals surface area contributed by atoms with Gasteiger partial charge in [0, 0.05) is 13.7 Å². The number of ether oxygens (including phenoxy) is 1. The molecule has 16 heavy (non-hydrogen) atoms. The maximum absolute atomic E-state index is 5.50. The molecule has 0 bridgehead atoms. The predicted octanol–water partition coefficient (Wildman–Crippen LogP) is 3.51. The Hall–Kier alpha value is -0.320. The minimum atomic E-state index is 0.277. The lowest BCUT2D eigenvalue weighted by molar-refractivity contribution is 0.187. The van der Waals surface area contributed by atoms with Gasteiger partial charge in [-0.15, -0.1) is 0 Å². The molecule has 1 aromatic rings. The third kappa shape index (κ3) is 4.28. The average Bonchev–Trinajstić information content (AvgIpc) is 2.70. The van der Waals surface area contributed by atoms with E-state index in [0.717, 1.165) is 42.6 Å². The van der Waals surface area contributed by atoms with E-state index in [2.05, 4.69) is 28.2 Å². The van der Waals surface area contributed by atoms with Crippen molar-refractivity contribution >= 4 is 15.9 Å². The van der Waals surface area contributed by atoms with Gasteiger partial charge in [-0.2, -0.15) is 0 Å². The van der Waals surface area contributed by atoms with Gasteiger partial charge in [-0.05, 0) is 47.8 Å². The van der Waals surface area contributed by atoms with Crippen molar-refractivity contribution in [2.75, 3.05) is 20.3 Å². The highest BCUT2D eigenvalue weighted by molar-refractivity contribution is 9.10. The van der Waals surface area contributed by atoms with E-state index in [1.54, 1.807) is 13.4 Å². The van der Waals surface area contributed by atoms with Crippen LogP contribution in [0.15, 0.2) is 21.2 Å². The van der Waals surface area contributed by atoms with Crippen LogP contribution in [0.1, 0.15) is 38.0 Å². The molecule has 92 valence electrons. The highest BCUT2D eigenvalue weighted by Crippen LogP contribution is 2.27. The standard InChI is InChI=1S/C12H20BrNO2/c1-3-7-14-11(5-4-8-15-2)12-10(13)6-9-16-12/h6,9,11,14H,3-5,7-8H2,1-2H3. The fourth-order valence-electron chi connectivity index (χ4n) is 1.63. The second-order valence-electron chi connectivity index (χ2n) is 3.77. The first-order chi connectivity index (χ1) is 7.79. The molecule has 0 aliphatic rings. The number of halogens is 1. The van der Waals surface area contributed by atoms with Gasteiger partial charge in [-0.1, -0.05) is 6.92 Å². The van der Waals surface area contributed by atoms with E-state index in [1.165, 1.54) is 0 Å². The number of hydrogen-bond acceptors (Lipinski definition) is 3. The van der Waals surface area contributed by atoms with Gasteiger partial charge in [-0.25, -0.2) is 0 Å². The quantitative estimate of drug-likeness (QED) is 0.744. The van der Waals surface area contributed by atoms with E-state index in [9.17, 15) is 0 Å². The first-order valence-electron chi connectivity index (χ1n) is 5.74. The molecule has 1 atom stereocenters. The lowest BCUT2D eigenvalue weighted by atomic mass is 10.1. The Balaban J connectivity index is 2.53.